The van der Waals surface area contributed by atoms with Crippen LogP contribution in [0.2, 0.25) is 0 Å². The van der Waals surface area contributed by atoms with E-state index in [4.69, 9.17) is 0 Å². The zero-order valence-corrected chi connectivity index (χ0v) is 20.2. The number of para-hydroxylation sites is 2. The molecule has 0 bridgehead atoms. The molecule has 0 heterocycles. The molecular formula is C22H33Cl2CoN3. The average molecular weight is 469 g/mol. The first-order valence-electron chi connectivity index (χ1n) is 9.24. The second-order valence-electron chi connectivity index (χ2n) is 7.28. The molecule has 0 saturated carbocycles. The van der Waals surface area contributed by atoms with Crippen molar-refractivity contribution in [3.8, 4) is 0 Å². The molecule has 1 radical (unpaired) electrons. The summed E-state index contributed by atoms with van der Waals surface area (Å²) in [5.74, 6) is 0. The van der Waals surface area contributed by atoms with E-state index >= 15 is 0 Å². The minimum absolute atomic E-state index is 0. The second kappa shape index (κ2) is 14.1. The molecule has 0 aliphatic rings. The number of hydrogen-bond acceptors (Lipinski definition) is 3. The van der Waals surface area contributed by atoms with E-state index in [0.29, 0.717) is 12.1 Å². The van der Waals surface area contributed by atoms with Gasteiger partial charge in [0.25, 0.3) is 0 Å². The van der Waals surface area contributed by atoms with E-state index in [-0.39, 0.29) is 41.6 Å². The van der Waals surface area contributed by atoms with Gasteiger partial charge in [0, 0.05) is 36.5 Å². The topological polar surface area (TPSA) is 36.1 Å². The first kappa shape index (κ1) is 29.3. The zero-order valence-electron chi connectivity index (χ0n) is 17.6. The molecule has 2 aromatic rings. The summed E-state index contributed by atoms with van der Waals surface area (Å²) >= 11 is 0. The summed E-state index contributed by atoms with van der Waals surface area (Å²) in [7, 11) is 0. The quantitative estimate of drug-likeness (QED) is 0.456. The fourth-order valence-corrected chi connectivity index (χ4v) is 3.20. The minimum Gasteiger partial charge on any atom is -1.00 e. The van der Waals surface area contributed by atoms with E-state index in [1.807, 2.05) is 0 Å². The maximum atomic E-state index is 3.64. The fraction of sp³-hybridized carbons (Fsp3) is 0.455. The molecule has 0 aliphatic carbocycles. The van der Waals surface area contributed by atoms with Crippen LogP contribution in [-0.2, 0) is 16.8 Å². The molecule has 3 nitrogen and oxygen atoms in total. The summed E-state index contributed by atoms with van der Waals surface area (Å²) in [6.45, 7) is 15.0. The van der Waals surface area contributed by atoms with Crippen LogP contribution in [0, 0.1) is 27.7 Å². The van der Waals surface area contributed by atoms with Gasteiger partial charge < -0.3 is 40.8 Å². The first-order chi connectivity index (χ1) is 11.9. The predicted octanol–water partition coefficient (Wildman–Crippen LogP) is -1.18. The molecule has 3 N–H and O–H groups in total. The summed E-state index contributed by atoms with van der Waals surface area (Å²) in [5.41, 5.74) is 7.74. The number of rotatable bonds is 8. The van der Waals surface area contributed by atoms with E-state index in [2.05, 4.69) is 93.9 Å². The van der Waals surface area contributed by atoms with Crippen LogP contribution in [0.25, 0.3) is 0 Å². The SMILES string of the molecule is Cc1cccc(C)c1NC(C)CNCC(C)Nc1c(C)cccc1C.[Cl-].[Cl-].[Co+2]. The van der Waals surface area contributed by atoms with Crippen LogP contribution < -0.4 is 40.8 Å². The Morgan fingerprint density at radius 2 is 0.929 bits per heavy atom. The number of anilines is 2. The molecule has 2 aromatic carbocycles. The van der Waals surface area contributed by atoms with Gasteiger partial charge in [-0.1, -0.05) is 36.4 Å². The van der Waals surface area contributed by atoms with Crippen molar-refractivity contribution in [1.82, 2.24) is 5.32 Å². The van der Waals surface area contributed by atoms with Gasteiger partial charge in [0.05, 0.1) is 0 Å². The number of hydrogen-bond donors (Lipinski definition) is 3. The van der Waals surface area contributed by atoms with Crippen LogP contribution >= 0.6 is 0 Å². The molecule has 2 rings (SSSR count). The van der Waals surface area contributed by atoms with Crippen LogP contribution in [0.1, 0.15) is 36.1 Å². The van der Waals surface area contributed by atoms with Crippen molar-refractivity contribution in [2.24, 2.45) is 0 Å². The Labute approximate surface area is 193 Å². The van der Waals surface area contributed by atoms with Gasteiger partial charge in [-0.3, -0.25) is 0 Å². The maximum Gasteiger partial charge on any atom is 2.00 e. The van der Waals surface area contributed by atoms with Crippen molar-refractivity contribution in [1.29, 1.82) is 0 Å². The fourth-order valence-electron chi connectivity index (χ4n) is 3.20. The molecule has 159 valence electrons. The molecule has 2 unspecified atom stereocenters. The van der Waals surface area contributed by atoms with E-state index in [0.717, 1.165) is 13.1 Å². The molecule has 0 saturated heterocycles. The van der Waals surface area contributed by atoms with E-state index in [9.17, 15) is 0 Å². The Morgan fingerprint density at radius 3 is 1.21 bits per heavy atom. The van der Waals surface area contributed by atoms with E-state index in [1.54, 1.807) is 0 Å². The van der Waals surface area contributed by atoms with Crippen molar-refractivity contribution >= 4 is 11.4 Å². The summed E-state index contributed by atoms with van der Waals surface area (Å²) in [5, 5.41) is 10.9. The van der Waals surface area contributed by atoms with Gasteiger partial charge in [-0.2, -0.15) is 0 Å². The monoisotopic (exact) mass is 468 g/mol. The number of halogens is 2. The third kappa shape index (κ3) is 8.62. The molecule has 2 atom stereocenters. The maximum absolute atomic E-state index is 3.64. The Kier molecular flexibility index (Phi) is 14.8. The molecule has 0 amide bonds. The van der Waals surface area contributed by atoms with Crippen LogP contribution in [0.4, 0.5) is 11.4 Å². The molecule has 0 fully saturated rings. The Hall–Kier alpha value is -0.914. The van der Waals surface area contributed by atoms with E-state index in [1.165, 1.54) is 33.6 Å². The summed E-state index contributed by atoms with van der Waals surface area (Å²) in [6.07, 6.45) is 0. The van der Waals surface area contributed by atoms with Crippen molar-refractivity contribution in [2.75, 3.05) is 23.7 Å². The zero-order chi connectivity index (χ0) is 18.4. The average Bonchev–Trinajstić information content (AvgIpc) is 2.55. The number of aryl methyl sites for hydroxylation is 4. The molecular weight excluding hydrogens is 436 g/mol. The van der Waals surface area contributed by atoms with Gasteiger partial charge in [0.2, 0.25) is 0 Å². The summed E-state index contributed by atoms with van der Waals surface area (Å²) < 4.78 is 0. The van der Waals surface area contributed by atoms with Gasteiger partial charge in [-0.05, 0) is 63.8 Å². The van der Waals surface area contributed by atoms with Gasteiger partial charge in [-0.25, -0.2) is 0 Å². The number of nitrogens with one attached hydrogen (secondary N) is 3. The largest absolute Gasteiger partial charge is 2.00 e. The van der Waals surface area contributed by atoms with Crippen LogP contribution in [0.3, 0.4) is 0 Å². The first-order valence-corrected chi connectivity index (χ1v) is 9.24. The molecule has 28 heavy (non-hydrogen) atoms. The molecule has 0 spiro atoms. The smallest absolute Gasteiger partial charge is 1.00 e. The summed E-state index contributed by atoms with van der Waals surface area (Å²) in [4.78, 5) is 0. The van der Waals surface area contributed by atoms with Crippen molar-refractivity contribution in [3.05, 3.63) is 58.7 Å². The molecule has 0 aromatic heterocycles. The normalized spacial score (nSPS) is 11.9. The number of benzene rings is 2. The minimum atomic E-state index is 0. The summed E-state index contributed by atoms with van der Waals surface area (Å²) in [6, 6.07) is 13.6. The second-order valence-corrected chi connectivity index (χ2v) is 7.28. The molecule has 0 aliphatic heterocycles. The van der Waals surface area contributed by atoms with Gasteiger partial charge >= 0.3 is 16.8 Å². The van der Waals surface area contributed by atoms with Crippen molar-refractivity contribution in [3.63, 3.8) is 0 Å². The van der Waals surface area contributed by atoms with Gasteiger partial charge in [0.15, 0.2) is 0 Å². The van der Waals surface area contributed by atoms with Crippen LogP contribution in [-0.4, -0.2) is 25.2 Å². The van der Waals surface area contributed by atoms with Gasteiger partial charge in [-0.15, -0.1) is 0 Å². The van der Waals surface area contributed by atoms with E-state index < -0.39 is 0 Å². The van der Waals surface area contributed by atoms with Crippen molar-refractivity contribution in [2.45, 2.75) is 53.6 Å². The Balaban J connectivity index is 0. The molecule has 6 heteroatoms. The predicted molar refractivity (Wildman–Crippen MR) is 111 cm³/mol. The van der Waals surface area contributed by atoms with Crippen molar-refractivity contribution < 1.29 is 41.6 Å². The third-order valence-corrected chi connectivity index (χ3v) is 4.64. The van der Waals surface area contributed by atoms with Gasteiger partial charge in [0.1, 0.15) is 0 Å². The Morgan fingerprint density at radius 1 is 0.643 bits per heavy atom. The standard InChI is InChI=1S/C22H33N3.2ClH.Co/c1-15-9-7-10-16(2)21(15)24-19(5)13-23-14-20(6)25-22-17(3)11-8-12-18(22)4;;;/h7-12,19-20,23-25H,13-14H2,1-6H3;2*1H;/q;;;+2/p-2. The Bertz CT molecular complexity index is 610. The third-order valence-electron chi connectivity index (χ3n) is 4.64. The van der Waals surface area contributed by atoms with Crippen LogP contribution in [0.5, 0.6) is 0 Å². The van der Waals surface area contributed by atoms with Crippen LogP contribution in [0.15, 0.2) is 36.4 Å².